The van der Waals surface area contributed by atoms with Crippen molar-refractivity contribution in [1.29, 1.82) is 10.5 Å². The molecule has 0 aliphatic rings. The van der Waals surface area contributed by atoms with Crippen molar-refractivity contribution in [3.05, 3.63) is 45.6 Å². The van der Waals surface area contributed by atoms with Crippen LogP contribution in [0.25, 0.3) is 10.4 Å². The maximum Gasteiger partial charge on any atom is 0.140 e. The second kappa shape index (κ2) is 6.87. The zero-order chi connectivity index (χ0) is 13.4. The Hall–Kier alpha value is -2.60. The molecule has 0 bridgehead atoms. The molecule has 0 spiro atoms. The first-order valence-electron chi connectivity index (χ1n) is 5.06. The Balaban J connectivity index is 2.80. The highest BCUT2D eigenvalue weighted by Crippen LogP contribution is 2.16. The first kappa shape index (κ1) is 13.5. The minimum Gasteiger partial charge on any atom is -0.298 e. The Morgan fingerprint density at radius 2 is 2.28 bits per heavy atom. The predicted molar refractivity (Wildman–Crippen MR) is 61.5 cm³/mol. The zero-order valence-corrected chi connectivity index (χ0v) is 9.34. The Bertz CT molecular complexity index is 550. The number of hydrogen-bond acceptors (Lipinski definition) is 4. The number of nitrogens with one attached hydrogen (secondary N) is 1. The van der Waals surface area contributed by atoms with Gasteiger partial charge in [-0.2, -0.15) is 10.5 Å². The van der Waals surface area contributed by atoms with Crippen LogP contribution in [0.1, 0.15) is 17.2 Å². The van der Waals surface area contributed by atoms with Gasteiger partial charge in [-0.3, -0.25) is 5.32 Å². The van der Waals surface area contributed by atoms with Crippen molar-refractivity contribution in [2.45, 2.75) is 6.04 Å². The fourth-order valence-corrected chi connectivity index (χ4v) is 1.35. The molecule has 18 heavy (non-hydrogen) atoms. The van der Waals surface area contributed by atoms with Crippen LogP contribution in [0.5, 0.6) is 0 Å². The van der Waals surface area contributed by atoms with Gasteiger partial charge in [-0.25, -0.2) is 4.39 Å². The maximum atomic E-state index is 13.1. The van der Waals surface area contributed by atoms with Crippen LogP contribution in [-0.4, -0.2) is 13.1 Å². The molecule has 7 heteroatoms. The minimum absolute atomic E-state index is 0.107. The number of azide groups is 1. The largest absolute Gasteiger partial charge is 0.298 e. The third-order valence-electron chi connectivity index (χ3n) is 2.20. The summed E-state index contributed by atoms with van der Waals surface area (Å²) >= 11 is 0. The fraction of sp³-hybridized carbons (Fsp3) is 0.273. The van der Waals surface area contributed by atoms with E-state index in [-0.39, 0.29) is 12.1 Å². The molecular weight excluding hydrogens is 235 g/mol. The topological polar surface area (TPSA) is 108 Å². The lowest BCUT2D eigenvalue weighted by atomic mass is 10.0. The average Bonchev–Trinajstić information content (AvgIpc) is 2.40. The monoisotopic (exact) mass is 244 g/mol. The van der Waals surface area contributed by atoms with Crippen LogP contribution in [-0.2, 0) is 0 Å². The highest BCUT2D eigenvalue weighted by Gasteiger charge is 2.11. The predicted octanol–water partition coefficient (Wildman–Crippen LogP) is 2.16. The molecule has 1 rings (SSSR count). The van der Waals surface area contributed by atoms with E-state index in [1.165, 1.54) is 12.1 Å². The highest BCUT2D eigenvalue weighted by atomic mass is 19.1. The second-order valence-electron chi connectivity index (χ2n) is 3.32. The minimum atomic E-state index is -0.674. The normalized spacial score (nSPS) is 10.8. The van der Waals surface area contributed by atoms with E-state index in [1.807, 2.05) is 6.07 Å². The standard InChI is InChI=1S/C11H9FN6/c12-10-2-1-8(5-9(10)6-13)11(7-14)16-3-4-17-18-15/h1-2,5,11,16H,3-4H2. The number of benzene rings is 1. The Morgan fingerprint density at radius 1 is 1.50 bits per heavy atom. The lowest BCUT2D eigenvalue weighted by molar-refractivity contribution is 0.613. The molecule has 0 aromatic heterocycles. The van der Waals surface area contributed by atoms with Crippen molar-refractivity contribution in [3.63, 3.8) is 0 Å². The van der Waals surface area contributed by atoms with Crippen molar-refractivity contribution in [2.75, 3.05) is 13.1 Å². The third kappa shape index (κ3) is 3.46. The smallest absolute Gasteiger partial charge is 0.140 e. The summed E-state index contributed by atoms with van der Waals surface area (Å²) in [4.78, 5) is 2.58. The van der Waals surface area contributed by atoms with Crippen LogP contribution in [0.2, 0.25) is 0 Å². The van der Waals surface area contributed by atoms with E-state index in [0.717, 1.165) is 6.07 Å². The summed E-state index contributed by atoms with van der Waals surface area (Å²) in [6, 6.07) is 6.93. The van der Waals surface area contributed by atoms with Gasteiger partial charge in [0.25, 0.3) is 0 Å². The van der Waals surface area contributed by atoms with Gasteiger partial charge < -0.3 is 0 Å². The van der Waals surface area contributed by atoms with E-state index in [1.54, 1.807) is 6.07 Å². The quantitative estimate of drug-likeness (QED) is 0.371. The van der Waals surface area contributed by atoms with Crippen molar-refractivity contribution >= 4 is 0 Å². The first-order chi connectivity index (χ1) is 8.72. The molecule has 1 aromatic rings. The number of hydrogen-bond donors (Lipinski definition) is 1. The molecule has 0 radical (unpaired) electrons. The molecule has 1 aromatic carbocycles. The van der Waals surface area contributed by atoms with Crippen LogP contribution >= 0.6 is 0 Å². The molecule has 1 N–H and O–H groups in total. The van der Waals surface area contributed by atoms with Gasteiger partial charge in [0.15, 0.2) is 0 Å². The fourth-order valence-electron chi connectivity index (χ4n) is 1.35. The molecule has 0 saturated carbocycles. The molecule has 0 heterocycles. The molecule has 0 saturated heterocycles. The molecule has 6 nitrogen and oxygen atoms in total. The highest BCUT2D eigenvalue weighted by molar-refractivity contribution is 5.37. The molecule has 0 aliphatic carbocycles. The van der Waals surface area contributed by atoms with Crippen LogP contribution in [0, 0.1) is 28.5 Å². The van der Waals surface area contributed by atoms with Gasteiger partial charge in [-0.05, 0) is 23.2 Å². The summed E-state index contributed by atoms with van der Waals surface area (Å²) in [6.45, 7) is 0.530. The van der Waals surface area contributed by atoms with Gasteiger partial charge in [0.2, 0.25) is 0 Å². The molecule has 0 amide bonds. The lowest BCUT2D eigenvalue weighted by Gasteiger charge is -2.11. The number of rotatable bonds is 5. The number of halogens is 1. The van der Waals surface area contributed by atoms with E-state index >= 15 is 0 Å². The molecule has 0 fully saturated rings. The van der Waals surface area contributed by atoms with Gasteiger partial charge in [0.1, 0.15) is 17.9 Å². The van der Waals surface area contributed by atoms with Crippen LogP contribution in [0.3, 0.4) is 0 Å². The summed E-state index contributed by atoms with van der Waals surface area (Å²) < 4.78 is 13.1. The van der Waals surface area contributed by atoms with E-state index in [9.17, 15) is 4.39 Å². The number of nitrogens with zero attached hydrogens (tertiary/aromatic N) is 5. The van der Waals surface area contributed by atoms with E-state index in [0.29, 0.717) is 12.1 Å². The molecule has 0 aliphatic heterocycles. The summed E-state index contributed by atoms with van der Waals surface area (Å²) in [6.07, 6.45) is 0. The van der Waals surface area contributed by atoms with Crippen LogP contribution < -0.4 is 5.32 Å². The number of nitriles is 2. The van der Waals surface area contributed by atoms with Crippen LogP contribution in [0.4, 0.5) is 4.39 Å². The summed E-state index contributed by atoms with van der Waals surface area (Å²) in [5.74, 6) is -0.618. The van der Waals surface area contributed by atoms with Crippen molar-refractivity contribution in [3.8, 4) is 12.1 Å². The summed E-state index contributed by atoms with van der Waals surface area (Å²) in [5, 5.41) is 23.8. The van der Waals surface area contributed by atoms with Crippen LogP contribution in [0.15, 0.2) is 23.3 Å². The molecule has 1 atom stereocenters. The van der Waals surface area contributed by atoms with Gasteiger partial charge >= 0.3 is 0 Å². The summed E-state index contributed by atoms with van der Waals surface area (Å²) in [7, 11) is 0. The lowest BCUT2D eigenvalue weighted by Crippen LogP contribution is -2.22. The third-order valence-corrected chi connectivity index (χ3v) is 2.20. The molecular formula is C11H9FN6. The summed E-state index contributed by atoms with van der Waals surface area (Å²) in [5.41, 5.74) is 8.48. The zero-order valence-electron chi connectivity index (χ0n) is 9.34. The van der Waals surface area contributed by atoms with Crippen molar-refractivity contribution in [1.82, 2.24) is 5.32 Å². The Kier molecular flexibility index (Phi) is 5.14. The van der Waals surface area contributed by atoms with Gasteiger partial charge in [-0.15, -0.1) is 0 Å². The maximum absolute atomic E-state index is 13.1. The van der Waals surface area contributed by atoms with E-state index in [2.05, 4.69) is 15.3 Å². The van der Waals surface area contributed by atoms with E-state index in [4.69, 9.17) is 16.1 Å². The average molecular weight is 244 g/mol. The molecule has 90 valence electrons. The molecule has 1 unspecified atom stereocenters. The van der Waals surface area contributed by atoms with Gasteiger partial charge in [0, 0.05) is 18.0 Å². The SMILES string of the molecule is N#Cc1cc(C(C#N)NCCN=[N+]=[N-])ccc1F. The van der Waals surface area contributed by atoms with Crippen molar-refractivity contribution in [2.24, 2.45) is 5.11 Å². The Morgan fingerprint density at radius 3 is 2.89 bits per heavy atom. The first-order valence-corrected chi connectivity index (χ1v) is 5.06. The van der Waals surface area contributed by atoms with Crippen molar-refractivity contribution < 1.29 is 4.39 Å². The van der Waals surface area contributed by atoms with Gasteiger partial charge in [-0.1, -0.05) is 11.2 Å². The van der Waals surface area contributed by atoms with E-state index < -0.39 is 11.9 Å². The second-order valence-corrected chi connectivity index (χ2v) is 3.32. The Labute approximate surface area is 103 Å². The van der Waals surface area contributed by atoms with Gasteiger partial charge in [0.05, 0.1) is 11.6 Å².